The highest BCUT2D eigenvalue weighted by Gasteiger charge is 2.45. The van der Waals surface area contributed by atoms with Crippen molar-refractivity contribution in [3.8, 4) is 28.7 Å². The molecule has 0 aliphatic carbocycles. The Morgan fingerprint density at radius 2 is 0.842 bits per heavy atom. The third-order valence-corrected chi connectivity index (χ3v) is 16.1. The fraction of sp³-hybridized carbons (Fsp3) is 0. The van der Waals surface area contributed by atoms with Crippen molar-refractivity contribution in [2.24, 2.45) is 0 Å². The first-order valence-electron chi connectivity index (χ1n) is 19.2. The van der Waals surface area contributed by atoms with Gasteiger partial charge in [0.1, 0.15) is 11.2 Å². The van der Waals surface area contributed by atoms with Gasteiger partial charge < -0.3 is 4.42 Å². The van der Waals surface area contributed by atoms with Crippen LogP contribution in [0.25, 0.3) is 72.5 Å². The molecule has 3 aromatic heterocycles. The van der Waals surface area contributed by atoms with Gasteiger partial charge in [-0.3, -0.25) is 4.57 Å². The zero-order valence-corrected chi connectivity index (χ0v) is 31.8. The fourth-order valence-corrected chi connectivity index (χ4v) is 14.1. The van der Waals surface area contributed by atoms with E-state index in [0.29, 0.717) is 17.6 Å². The first-order chi connectivity index (χ1) is 28.3. The van der Waals surface area contributed by atoms with Crippen molar-refractivity contribution in [2.45, 2.75) is 0 Å². The van der Waals surface area contributed by atoms with E-state index < -0.39 is 8.07 Å². The summed E-state index contributed by atoms with van der Waals surface area (Å²) in [6.07, 6.45) is 0. The molecule has 6 heteroatoms. The molecule has 0 amide bonds. The van der Waals surface area contributed by atoms with E-state index in [1.54, 1.807) is 0 Å². The minimum absolute atomic E-state index is 0.570. The Balaban J connectivity index is 1.30. The molecule has 0 aliphatic heterocycles. The van der Waals surface area contributed by atoms with Crippen molar-refractivity contribution in [2.75, 3.05) is 0 Å². The second kappa shape index (κ2) is 13.4. The lowest BCUT2D eigenvalue weighted by molar-refractivity contribution is 0.669. The molecule has 8 aromatic carbocycles. The lowest BCUT2D eigenvalue weighted by atomic mass is 10.1. The first-order valence-corrected chi connectivity index (χ1v) is 21.2. The summed E-state index contributed by atoms with van der Waals surface area (Å²) >= 11 is 0. The summed E-state index contributed by atoms with van der Waals surface area (Å²) in [5.74, 6) is 1.82. The predicted molar refractivity (Wildman–Crippen MR) is 236 cm³/mol. The van der Waals surface area contributed by atoms with Crippen LogP contribution in [0.15, 0.2) is 211 Å². The van der Waals surface area contributed by atoms with E-state index >= 15 is 0 Å². The summed E-state index contributed by atoms with van der Waals surface area (Å²) < 4.78 is 8.84. The third-order valence-electron chi connectivity index (χ3n) is 11.2. The van der Waals surface area contributed by atoms with Gasteiger partial charge in [0.05, 0.1) is 11.0 Å². The van der Waals surface area contributed by atoms with Crippen LogP contribution in [0.1, 0.15) is 0 Å². The highest BCUT2D eigenvalue weighted by Crippen LogP contribution is 2.34. The fourth-order valence-electron chi connectivity index (χ4n) is 8.84. The van der Waals surface area contributed by atoms with Crippen LogP contribution in [-0.4, -0.2) is 27.6 Å². The molecular weight excluding hydrogens is 713 g/mol. The SMILES string of the molecule is c1ccc(-c2nc(-c3ccccc3)nc(-n3c4ccccc4c4c([Si](c5ccccc5)(c5ccccc5)c5cccc6oc7ccccc7c56)cccc43)n2)cc1. The highest BCUT2D eigenvalue weighted by atomic mass is 28.3. The Hall–Kier alpha value is -7.41. The van der Waals surface area contributed by atoms with Crippen LogP contribution >= 0.6 is 0 Å². The van der Waals surface area contributed by atoms with Crippen LogP contribution in [0.5, 0.6) is 0 Å². The number of aromatic nitrogens is 4. The maximum Gasteiger partial charge on any atom is 0.238 e. The van der Waals surface area contributed by atoms with E-state index in [-0.39, 0.29) is 0 Å². The average Bonchev–Trinajstić information content (AvgIpc) is 3.85. The van der Waals surface area contributed by atoms with Crippen LogP contribution in [0.4, 0.5) is 0 Å². The van der Waals surface area contributed by atoms with E-state index in [4.69, 9.17) is 19.4 Å². The molecule has 0 bridgehead atoms. The van der Waals surface area contributed by atoms with Gasteiger partial charge in [0.25, 0.3) is 0 Å². The van der Waals surface area contributed by atoms with Gasteiger partial charge in [0, 0.05) is 32.7 Å². The second-order valence-electron chi connectivity index (χ2n) is 14.3. The van der Waals surface area contributed by atoms with Gasteiger partial charge in [0.2, 0.25) is 5.95 Å². The predicted octanol–water partition coefficient (Wildman–Crippen LogP) is 9.58. The summed E-state index contributed by atoms with van der Waals surface area (Å²) in [5, 5.41) is 9.74. The molecule has 0 fully saturated rings. The average molecular weight is 747 g/mol. The molecule has 0 saturated carbocycles. The van der Waals surface area contributed by atoms with Gasteiger partial charge in [-0.15, -0.1) is 0 Å². The minimum atomic E-state index is -3.17. The number of furan rings is 1. The highest BCUT2D eigenvalue weighted by molar-refractivity contribution is 7.21. The molecule has 3 heterocycles. The van der Waals surface area contributed by atoms with Crippen molar-refractivity contribution in [3.63, 3.8) is 0 Å². The Labute approximate surface area is 330 Å². The first kappa shape index (κ1) is 33.0. The molecule has 11 aromatic rings. The smallest absolute Gasteiger partial charge is 0.238 e. The number of benzene rings is 8. The molecule has 11 rings (SSSR count). The van der Waals surface area contributed by atoms with Crippen molar-refractivity contribution < 1.29 is 4.42 Å². The number of hydrogen-bond acceptors (Lipinski definition) is 4. The van der Waals surface area contributed by atoms with Crippen molar-refractivity contribution in [3.05, 3.63) is 206 Å². The molecule has 5 nitrogen and oxygen atoms in total. The summed E-state index contributed by atoms with van der Waals surface area (Å²) in [6, 6.07) is 73.1. The lowest BCUT2D eigenvalue weighted by Gasteiger charge is -2.35. The lowest BCUT2D eigenvalue weighted by Crippen LogP contribution is -2.75. The maximum atomic E-state index is 6.61. The Morgan fingerprint density at radius 1 is 0.368 bits per heavy atom. The van der Waals surface area contributed by atoms with E-state index in [1.165, 1.54) is 26.1 Å². The largest absolute Gasteiger partial charge is 0.456 e. The van der Waals surface area contributed by atoms with Gasteiger partial charge >= 0.3 is 0 Å². The van der Waals surface area contributed by atoms with Gasteiger partial charge in [-0.25, -0.2) is 4.98 Å². The molecule has 0 saturated heterocycles. The molecule has 268 valence electrons. The Bertz CT molecular complexity index is 3140. The summed E-state index contributed by atoms with van der Waals surface area (Å²) in [6.45, 7) is 0. The zero-order valence-electron chi connectivity index (χ0n) is 30.8. The molecular formula is C51H34N4OSi. The van der Waals surface area contributed by atoms with Crippen LogP contribution in [-0.2, 0) is 0 Å². The van der Waals surface area contributed by atoms with Crippen molar-refractivity contribution in [1.82, 2.24) is 19.5 Å². The third kappa shape index (κ3) is 5.19. The molecule has 57 heavy (non-hydrogen) atoms. The van der Waals surface area contributed by atoms with Crippen LogP contribution in [0.3, 0.4) is 0 Å². The summed E-state index contributed by atoms with van der Waals surface area (Å²) in [4.78, 5) is 15.5. The molecule has 0 aliphatic rings. The summed E-state index contributed by atoms with van der Waals surface area (Å²) in [5.41, 5.74) is 5.70. The molecule has 0 unspecified atom stereocenters. The van der Waals surface area contributed by atoms with Crippen LogP contribution < -0.4 is 20.7 Å². The molecule has 0 radical (unpaired) electrons. The normalized spacial score (nSPS) is 11.9. The number of para-hydroxylation sites is 2. The van der Waals surface area contributed by atoms with Crippen LogP contribution in [0.2, 0.25) is 0 Å². The molecule has 0 N–H and O–H groups in total. The number of rotatable bonds is 7. The minimum Gasteiger partial charge on any atom is -0.456 e. The van der Waals surface area contributed by atoms with E-state index in [9.17, 15) is 0 Å². The monoisotopic (exact) mass is 746 g/mol. The Morgan fingerprint density at radius 3 is 1.47 bits per heavy atom. The molecule has 0 spiro atoms. The van der Waals surface area contributed by atoms with Crippen molar-refractivity contribution >= 4 is 72.6 Å². The van der Waals surface area contributed by atoms with Gasteiger partial charge in [0.15, 0.2) is 19.7 Å². The number of hydrogen-bond donors (Lipinski definition) is 0. The van der Waals surface area contributed by atoms with Crippen molar-refractivity contribution in [1.29, 1.82) is 0 Å². The quantitative estimate of drug-likeness (QED) is 0.121. The Kier molecular flexibility index (Phi) is 7.76. The second-order valence-corrected chi connectivity index (χ2v) is 18.1. The topological polar surface area (TPSA) is 56.7 Å². The van der Waals surface area contributed by atoms with E-state index in [1.807, 2.05) is 42.5 Å². The zero-order chi connectivity index (χ0) is 37.8. The van der Waals surface area contributed by atoms with E-state index in [0.717, 1.165) is 49.5 Å². The van der Waals surface area contributed by atoms with Gasteiger partial charge in [-0.2, -0.15) is 9.97 Å². The number of nitrogens with zero attached hydrogens (tertiary/aromatic N) is 4. The van der Waals surface area contributed by atoms with E-state index in [2.05, 4.69) is 168 Å². The molecule has 0 atom stereocenters. The summed E-state index contributed by atoms with van der Waals surface area (Å²) in [7, 11) is -3.17. The van der Waals surface area contributed by atoms with Gasteiger partial charge in [-0.05, 0) is 45.0 Å². The van der Waals surface area contributed by atoms with Gasteiger partial charge in [-0.1, -0.05) is 182 Å². The maximum absolute atomic E-state index is 6.61. The number of fused-ring (bicyclic) bond motifs is 6. The van der Waals surface area contributed by atoms with Crippen LogP contribution in [0, 0.1) is 0 Å². The standard InChI is InChI=1S/C51H34N4OSi/c1-5-19-35(20-6-1)49-52-50(36-21-7-2-8-22-36)54-51(53-49)55-41-29-15-13-27-39(41)47-42(55)30-17-33-45(47)57(37-23-9-3-10-24-37,38-25-11-4-12-26-38)46-34-18-32-44-48(46)40-28-14-16-31-43(40)56-44/h1-34H.